The van der Waals surface area contributed by atoms with E-state index in [2.05, 4.69) is 36.0 Å². The van der Waals surface area contributed by atoms with Crippen molar-refractivity contribution in [2.45, 2.75) is 70.9 Å². The normalized spacial score (nSPS) is 26.0. The molecule has 0 aromatic heterocycles. The number of hydrogen-bond acceptors (Lipinski definition) is 3. The molecule has 1 aliphatic carbocycles. The maximum absolute atomic E-state index is 3.84. The van der Waals surface area contributed by atoms with Crippen LogP contribution in [0.4, 0.5) is 0 Å². The number of likely N-dealkylation sites (tertiary alicyclic amines) is 1. The smallest absolute Gasteiger partial charge is 0.0223 e. The summed E-state index contributed by atoms with van der Waals surface area (Å²) in [6.45, 7) is 10.8. The van der Waals surface area contributed by atoms with Crippen LogP contribution >= 0.6 is 0 Å². The van der Waals surface area contributed by atoms with Gasteiger partial charge in [-0.3, -0.25) is 4.90 Å². The van der Waals surface area contributed by atoms with Gasteiger partial charge in [0.2, 0.25) is 0 Å². The first-order chi connectivity index (χ1) is 10.2. The van der Waals surface area contributed by atoms with E-state index in [4.69, 9.17) is 0 Å². The van der Waals surface area contributed by atoms with Crippen molar-refractivity contribution in [3.63, 3.8) is 0 Å². The minimum Gasteiger partial charge on any atom is -0.312 e. The largest absolute Gasteiger partial charge is 0.312 e. The third-order valence-electron chi connectivity index (χ3n) is 5.56. The summed E-state index contributed by atoms with van der Waals surface area (Å²) in [5, 5.41) is 3.84. The zero-order valence-corrected chi connectivity index (χ0v) is 14.6. The van der Waals surface area contributed by atoms with Gasteiger partial charge in [0.05, 0.1) is 0 Å². The lowest BCUT2D eigenvalue weighted by Crippen LogP contribution is -2.47. The number of rotatable bonds is 9. The summed E-state index contributed by atoms with van der Waals surface area (Å²) < 4.78 is 0. The Kier molecular flexibility index (Phi) is 7.48. The standard InChI is InChI=1S/C18H37N3/c1-4-12-19-18(16-9-6-7-10-16)15-20(3)14-17-11-8-13-21(17)5-2/h16-19H,4-15H2,1-3H3. The van der Waals surface area contributed by atoms with E-state index in [1.165, 1.54) is 77.7 Å². The van der Waals surface area contributed by atoms with Gasteiger partial charge >= 0.3 is 0 Å². The van der Waals surface area contributed by atoms with Crippen molar-refractivity contribution in [1.29, 1.82) is 0 Å². The lowest BCUT2D eigenvalue weighted by molar-refractivity contribution is 0.175. The van der Waals surface area contributed by atoms with Crippen LogP contribution in [-0.4, -0.2) is 61.7 Å². The highest BCUT2D eigenvalue weighted by Crippen LogP contribution is 2.28. The van der Waals surface area contributed by atoms with E-state index < -0.39 is 0 Å². The average Bonchev–Trinajstić information content (AvgIpc) is 3.14. The Hall–Kier alpha value is -0.120. The summed E-state index contributed by atoms with van der Waals surface area (Å²) >= 11 is 0. The van der Waals surface area contributed by atoms with Gasteiger partial charge in [0, 0.05) is 25.2 Å². The molecule has 2 atom stereocenters. The predicted octanol–water partition coefficient (Wildman–Crippen LogP) is 2.96. The van der Waals surface area contributed by atoms with E-state index in [-0.39, 0.29) is 0 Å². The molecule has 2 fully saturated rings. The summed E-state index contributed by atoms with van der Waals surface area (Å²) in [6.07, 6.45) is 9.83. The lowest BCUT2D eigenvalue weighted by Gasteiger charge is -2.33. The molecule has 2 rings (SSSR count). The van der Waals surface area contributed by atoms with Gasteiger partial charge in [-0.2, -0.15) is 0 Å². The van der Waals surface area contributed by atoms with Gasteiger partial charge in [-0.15, -0.1) is 0 Å². The summed E-state index contributed by atoms with van der Waals surface area (Å²) in [5.41, 5.74) is 0. The zero-order chi connectivity index (χ0) is 15.1. The second-order valence-corrected chi connectivity index (χ2v) is 7.25. The van der Waals surface area contributed by atoms with Crippen LogP contribution in [0.3, 0.4) is 0 Å². The molecular weight excluding hydrogens is 258 g/mol. The number of hydrogen-bond donors (Lipinski definition) is 1. The minimum absolute atomic E-state index is 0.717. The average molecular weight is 296 g/mol. The zero-order valence-electron chi connectivity index (χ0n) is 14.6. The van der Waals surface area contributed by atoms with Gasteiger partial charge < -0.3 is 10.2 Å². The fourth-order valence-electron chi connectivity index (χ4n) is 4.36. The van der Waals surface area contributed by atoms with Gasteiger partial charge in [-0.1, -0.05) is 26.7 Å². The molecule has 1 saturated carbocycles. The van der Waals surface area contributed by atoms with Crippen LogP contribution in [0.1, 0.15) is 58.8 Å². The SMILES string of the molecule is CCCNC(CN(C)CC1CCCN1CC)C1CCCC1. The molecule has 0 spiro atoms. The molecule has 1 N–H and O–H groups in total. The molecule has 0 bridgehead atoms. The molecule has 2 aliphatic rings. The molecule has 0 aromatic carbocycles. The Morgan fingerprint density at radius 2 is 1.90 bits per heavy atom. The Balaban J connectivity index is 1.80. The molecule has 0 amide bonds. The molecule has 2 unspecified atom stereocenters. The molecule has 3 nitrogen and oxygen atoms in total. The van der Waals surface area contributed by atoms with Gasteiger partial charge in [-0.05, 0) is 64.7 Å². The molecule has 3 heteroatoms. The van der Waals surface area contributed by atoms with Gasteiger partial charge in [-0.25, -0.2) is 0 Å². The van der Waals surface area contributed by atoms with Crippen molar-refractivity contribution >= 4 is 0 Å². The van der Waals surface area contributed by atoms with Crippen LogP contribution < -0.4 is 5.32 Å². The Morgan fingerprint density at radius 3 is 2.57 bits per heavy atom. The summed E-state index contributed by atoms with van der Waals surface area (Å²) in [7, 11) is 2.34. The third kappa shape index (κ3) is 5.22. The first kappa shape index (κ1) is 17.2. The highest BCUT2D eigenvalue weighted by atomic mass is 15.2. The Bertz CT molecular complexity index is 276. The molecule has 1 aliphatic heterocycles. The van der Waals surface area contributed by atoms with Crippen molar-refractivity contribution in [3.8, 4) is 0 Å². The van der Waals surface area contributed by atoms with E-state index in [0.29, 0.717) is 6.04 Å². The van der Waals surface area contributed by atoms with Crippen LogP contribution in [0.15, 0.2) is 0 Å². The second-order valence-electron chi connectivity index (χ2n) is 7.25. The van der Waals surface area contributed by atoms with Crippen LogP contribution in [0.2, 0.25) is 0 Å². The predicted molar refractivity (Wildman–Crippen MR) is 91.8 cm³/mol. The second kappa shape index (κ2) is 9.12. The van der Waals surface area contributed by atoms with Gasteiger partial charge in [0.1, 0.15) is 0 Å². The molecule has 21 heavy (non-hydrogen) atoms. The maximum atomic E-state index is 3.84. The molecular formula is C18H37N3. The highest BCUT2D eigenvalue weighted by molar-refractivity contribution is 4.85. The van der Waals surface area contributed by atoms with E-state index in [9.17, 15) is 0 Å². The maximum Gasteiger partial charge on any atom is 0.0223 e. The van der Waals surface area contributed by atoms with Crippen molar-refractivity contribution in [3.05, 3.63) is 0 Å². The van der Waals surface area contributed by atoms with E-state index in [1.807, 2.05) is 0 Å². The molecule has 124 valence electrons. The van der Waals surface area contributed by atoms with E-state index >= 15 is 0 Å². The molecule has 0 aromatic rings. The fraction of sp³-hybridized carbons (Fsp3) is 1.00. The first-order valence-electron chi connectivity index (χ1n) is 9.40. The Morgan fingerprint density at radius 1 is 1.14 bits per heavy atom. The lowest BCUT2D eigenvalue weighted by atomic mass is 9.97. The first-order valence-corrected chi connectivity index (χ1v) is 9.40. The molecule has 0 radical (unpaired) electrons. The Labute approximate surface area is 132 Å². The van der Waals surface area contributed by atoms with E-state index in [0.717, 1.165) is 12.0 Å². The topological polar surface area (TPSA) is 18.5 Å². The summed E-state index contributed by atoms with van der Waals surface area (Å²) in [4.78, 5) is 5.27. The van der Waals surface area contributed by atoms with Gasteiger partial charge in [0.15, 0.2) is 0 Å². The number of likely N-dealkylation sites (N-methyl/N-ethyl adjacent to an activating group) is 2. The molecule has 1 heterocycles. The van der Waals surface area contributed by atoms with Crippen molar-refractivity contribution in [1.82, 2.24) is 15.1 Å². The molecule has 1 saturated heterocycles. The van der Waals surface area contributed by atoms with Crippen LogP contribution in [-0.2, 0) is 0 Å². The van der Waals surface area contributed by atoms with E-state index in [1.54, 1.807) is 0 Å². The highest BCUT2D eigenvalue weighted by Gasteiger charge is 2.28. The fourth-order valence-corrected chi connectivity index (χ4v) is 4.36. The van der Waals surface area contributed by atoms with Crippen molar-refractivity contribution < 1.29 is 0 Å². The van der Waals surface area contributed by atoms with Crippen LogP contribution in [0.25, 0.3) is 0 Å². The third-order valence-corrected chi connectivity index (χ3v) is 5.56. The summed E-state index contributed by atoms with van der Waals surface area (Å²) in [5.74, 6) is 0.921. The quantitative estimate of drug-likeness (QED) is 0.705. The van der Waals surface area contributed by atoms with Crippen LogP contribution in [0.5, 0.6) is 0 Å². The van der Waals surface area contributed by atoms with Crippen LogP contribution in [0, 0.1) is 5.92 Å². The number of nitrogens with one attached hydrogen (secondary N) is 1. The van der Waals surface area contributed by atoms with Crippen molar-refractivity contribution in [2.75, 3.05) is 39.8 Å². The van der Waals surface area contributed by atoms with Crippen molar-refractivity contribution in [2.24, 2.45) is 5.92 Å². The monoisotopic (exact) mass is 295 g/mol. The minimum atomic E-state index is 0.717. The number of nitrogens with zero attached hydrogens (tertiary/aromatic N) is 2. The summed E-state index contributed by atoms with van der Waals surface area (Å²) in [6, 6.07) is 1.52. The van der Waals surface area contributed by atoms with Gasteiger partial charge in [0.25, 0.3) is 0 Å².